The summed E-state index contributed by atoms with van der Waals surface area (Å²) in [4.78, 5) is 14.5. The lowest BCUT2D eigenvalue weighted by atomic mass is 9.96. The van der Waals surface area contributed by atoms with Gasteiger partial charge in [0.1, 0.15) is 0 Å². The lowest BCUT2D eigenvalue weighted by Gasteiger charge is -2.21. The number of carbonyl (C=O) groups excluding carboxylic acids is 1. The average Bonchev–Trinajstić information content (AvgIpc) is 2.64. The minimum Gasteiger partial charge on any atom is -0.355 e. The first-order valence-electron chi connectivity index (χ1n) is 7.83. The summed E-state index contributed by atoms with van der Waals surface area (Å²) in [5.74, 6) is 0.625. The second-order valence-corrected chi connectivity index (χ2v) is 6.11. The molecule has 4 heteroatoms. The van der Waals surface area contributed by atoms with Crippen LogP contribution in [0.5, 0.6) is 0 Å². The summed E-state index contributed by atoms with van der Waals surface area (Å²) in [6.45, 7) is 8.82. The van der Waals surface area contributed by atoms with Crippen LogP contribution < -0.4 is 11.1 Å². The molecule has 0 spiro atoms. The highest BCUT2D eigenvalue weighted by Crippen LogP contribution is 2.11. The Hall–Kier alpha value is -0.610. The highest BCUT2D eigenvalue weighted by molar-refractivity contribution is 5.78. The highest BCUT2D eigenvalue weighted by Gasteiger charge is 2.18. The molecule has 19 heavy (non-hydrogen) atoms. The molecule has 0 saturated carbocycles. The summed E-state index contributed by atoms with van der Waals surface area (Å²) in [5, 5.41) is 3.05. The molecule has 4 nitrogen and oxygen atoms in total. The van der Waals surface area contributed by atoms with Crippen LogP contribution >= 0.6 is 0 Å². The maximum absolute atomic E-state index is 12.0. The molecule has 3 N–H and O–H groups in total. The number of likely N-dealkylation sites (tertiary alicyclic amines) is 1. The molecule has 1 aliphatic rings. The smallest absolute Gasteiger partial charge is 0.224 e. The zero-order chi connectivity index (χ0) is 14.1. The third-order valence-corrected chi connectivity index (χ3v) is 3.84. The number of hydrogen-bond acceptors (Lipinski definition) is 3. The van der Waals surface area contributed by atoms with Crippen molar-refractivity contribution in [2.75, 3.05) is 32.7 Å². The molecular weight excluding hydrogens is 238 g/mol. The van der Waals surface area contributed by atoms with Gasteiger partial charge in [0.15, 0.2) is 0 Å². The SMILES string of the molecule is CC(C)CC(CN)C(=O)NCCN1CCCCCC1. The maximum atomic E-state index is 12.0. The first-order valence-corrected chi connectivity index (χ1v) is 7.83. The topological polar surface area (TPSA) is 58.4 Å². The van der Waals surface area contributed by atoms with Gasteiger partial charge in [0.2, 0.25) is 5.91 Å². The average molecular weight is 269 g/mol. The van der Waals surface area contributed by atoms with Crippen molar-refractivity contribution < 1.29 is 4.79 Å². The van der Waals surface area contributed by atoms with Crippen molar-refractivity contribution in [3.8, 4) is 0 Å². The van der Waals surface area contributed by atoms with Crippen LogP contribution in [-0.4, -0.2) is 43.5 Å². The summed E-state index contributed by atoms with van der Waals surface area (Å²) in [7, 11) is 0. The number of nitrogens with two attached hydrogens (primary N) is 1. The van der Waals surface area contributed by atoms with E-state index in [0.29, 0.717) is 12.5 Å². The van der Waals surface area contributed by atoms with E-state index in [4.69, 9.17) is 5.73 Å². The summed E-state index contributed by atoms with van der Waals surface area (Å²) in [5.41, 5.74) is 5.69. The third kappa shape index (κ3) is 6.92. The monoisotopic (exact) mass is 269 g/mol. The number of carbonyl (C=O) groups is 1. The molecule has 1 aliphatic heterocycles. The molecule has 0 bridgehead atoms. The Labute approximate surface area is 118 Å². The third-order valence-electron chi connectivity index (χ3n) is 3.84. The highest BCUT2D eigenvalue weighted by atomic mass is 16.1. The van der Waals surface area contributed by atoms with Gasteiger partial charge in [0.05, 0.1) is 5.92 Å². The number of nitrogens with zero attached hydrogens (tertiary/aromatic N) is 1. The van der Waals surface area contributed by atoms with E-state index in [1.165, 1.54) is 38.8 Å². The van der Waals surface area contributed by atoms with Gasteiger partial charge in [-0.25, -0.2) is 0 Å². The predicted octanol–water partition coefficient (Wildman–Crippen LogP) is 1.60. The van der Waals surface area contributed by atoms with Crippen LogP contribution in [0.3, 0.4) is 0 Å². The molecule has 0 aromatic carbocycles. The van der Waals surface area contributed by atoms with Crippen LogP contribution in [0.25, 0.3) is 0 Å². The molecule has 1 unspecified atom stereocenters. The summed E-state index contributed by atoms with van der Waals surface area (Å²) >= 11 is 0. The fourth-order valence-electron chi connectivity index (χ4n) is 2.72. The molecule has 1 saturated heterocycles. The van der Waals surface area contributed by atoms with Crippen molar-refractivity contribution in [2.24, 2.45) is 17.6 Å². The Morgan fingerprint density at radius 1 is 1.21 bits per heavy atom. The van der Waals surface area contributed by atoms with E-state index in [9.17, 15) is 4.79 Å². The number of hydrogen-bond donors (Lipinski definition) is 2. The van der Waals surface area contributed by atoms with Gasteiger partial charge in [0, 0.05) is 19.6 Å². The van der Waals surface area contributed by atoms with Crippen LogP contribution in [0.2, 0.25) is 0 Å². The Balaban J connectivity index is 2.21. The quantitative estimate of drug-likeness (QED) is 0.738. The minimum atomic E-state index is -0.0240. The lowest BCUT2D eigenvalue weighted by Crippen LogP contribution is -2.40. The van der Waals surface area contributed by atoms with Crippen LogP contribution in [0, 0.1) is 11.8 Å². The van der Waals surface area contributed by atoms with E-state index in [0.717, 1.165) is 19.5 Å². The van der Waals surface area contributed by atoms with Gasteiger partial charge in [-0.05, 0) is 38.3 Å². The molecule has 1 atom stereocenters. The molecule has 112 valence electrons. The number of amides is 1. The second-order valence-electron chi connectivity index (χ2n) is 6.11. The van der Waals surface area contributed by atoms with E-state index < -0.39 is 0 Å². The maximum Gasteiger partial charge on any atom is 0.224 e. The van der Waals surface area contributed by atoms with E-state index >= 15 is 0 Å². The molecule has 0 radical (unpaired) electrons. The summed E-state index contributed by atoms with van der Waals surface area (Å²) in [6, 6.07) is 0. The summed E-state index contributed by atoms with van der Waals surface area (Å²) in [6.07, 6.45) is 6.18. The normalized spacial score (nSPS) is 19.2. The standard InChI is InChI=1S/C15H31N3O/c1-13(2)11-14(12-16)15(19)17-7-10-18-8-5-3-4-6-9-18/h13-14H,3-12,16H2,1-2H3,(H,17,19). The van der Waals surface area contributed by atoms with E-state index in [-0.39, 0.29) is 11.8 Å². The predicted molar refractivity (Wildman–Crippen MR) is 79.9 cm³/mol. The Bertz CT molecular complexity index is 248. The van der Waals surface area contributed by atoms with E-state index in [1.807, 2.05) is 0 Å². The largest absolute Gasteiger partial charge is 0.355 e. The van der Waals surface area contributed by atoms with Crippen LogP contribution in [0.1, 0.15) is 46.0 Å². The first kappa shape index (κ1) is 16.4. The van der Waals surface area contributed by atoms with Gasteiger partial charge < -0.3 is 16.0 Å². The minimum absolute atomic E-state index is 0.0240. The van der Waals surface area contributed by atoms with Crippen molar-refractivity contribution in [3.05, 3.63) is 0 Å². The molecule has 0 aromatic heterocycles. The molecule has 0 aliphatic carbocycles. The Morgan fingerprint density at radius 2 is 1.84 bits per heavy atom. The fraction of sp³-hybridized carbons (Fsp3) is 0.933. The molecule has 1 heterocycles. The fourth-order valence-corrected chi connectivity index (χ4v) is 2.72. The van der Waals surface area contributed by atoms with Crippen LogP contribution in [-0.2, 0) is 4.79 Å². The van der Waals surface area contributed by atoms with Gasteiger partial charge in [-0.3, -0.25) is 4.79 Å². The van der Waals surface area contributed by atoms with Gasteiger partial charge in [0.25, 0.3) is 0 Å². The van der Waals surface area contributed by atoms with Gasteiger partial charge in [-0.15, -0.1) is 0 Å². The second kappa shape index (κ2) is 9.32. The zero-order valence-electron chi connectivity index (χ0n) is 12.7. The molecule has 1 rings (SSSR count). The number of rotatable bonds is 7. The van der Waals surface area contributed by atoms with Crippen molar-refractivity contribution >= 4 is 5.91 Å². The van der Waals surface area contributed by atoms with Crippen LogP contribution in [0.4, 0.5) is 0 Å². The van der Waals surface area contributed by atoms with E-state index in [2.05, 4.69) is 24.1 Å². The van der Waals surface area contributed by atoms with Gasteiger partial charge in [-0.2, -0.15) is 0 Å². The Morgan fingerprint density at radius 3 is 2.37 bits per heavy atom. The Kier molecular flexibility index (Phi) is 8.07. The van der Waals surface area contributed by atoms with Crippen molar-refractivity contribution in [1.82, 2.24) is 10.2 Å². The van der Waals surface area contributed by atoms with E-state index in [1.54, 1.807) is 0 Å². The molecular formula is C15H31N3O. The molecule has 1 amide bonds. The summed E-state index contributed by atoms with van der Waals surface area (Å²) < 4.78 is 0. The lowest BCUT2D eigenvalue weighted by molar-refractivity contribution is -0.125. The molecule has 0 aromatic rings. The van der Waals surface area contributed by atoms with Crippen molar-refractivity contribution in [2.45, 2.75) is 46.0 Å². The number of nitrogens with one attached hydrogen (secondary N) is 1. The zero-order valence-corrected chi connectivity index (χ0v) is 12.7. The van der Waals surface area contributed by atoms with Gasteiger partial charge in [-0.1, -0.05) is 26.7 Å². The first-order chi connectivity index (χ1) is 9.13. The van der Waals surface area contributed by atoms with Crippen molar-refractivity contribution in [1.29, 1.82) is 0 Å². The van der Waals surface area contributed by atoms with Crippen molar-refractivity contribution in [3.63, 3.8) is 0 Å². The molecule has 1 fully saturated rings. The van der Waals surface area contributed by atoms with Crippen LogP contribution in [0.15, 0.2) is 0 Å². The van der Waals surface area contributed by atoms with Gasteiger partial charge >= 0.3 is 0 Å².